The molecule has 2 rings (SSSR count). The lowest BCUT2D eigenvalue weighted by molar-refractivity contribution is -0.384. The maximum absolute atomic E-state index is 12.2. The molecule has 0 unspecified atom stereocenters. The van der Waals surface area contributed by atoms with Gasteiger partial charge in [-0.15, -0.1) is 0 Å². The van der Waals surface area contributed by atoms with E-state index in [4.69, 9.17) is 4.74 Å². The molecule has 2 atom stereocenters. The molecule has 0 spiro atoms. The van der Waals surface area contributed by atoms with Crippen molar-refractivity contribution in [3.8, 4) is 18.2 Å². The second-order valence-electron chi connectivity index (χ2n) is 4.95. The van der Waals surface area contributed by atoms with Crippen LogP contribution in [0.3, 0.4) is 0 Å². The predicted molar refractivity (Wildman–Crippen MR) is 74.2 cm³/mol. The van der Waals surface area contributed by atoms with Gasteiger partial charge in [0.2, 0.25) is 0 Å². The summed E-state index contributed by atoms with van der Waals surface area (Å²) in [6, 6.07) is 10.3. The van der Waals surface area contributed by atoms with Gasteiger partial charge in [-0.3, -0.25) is 14.9 Å². The Hall–Kier alpha value is -3.44. The highest BCUT2D eigenvalue weighted by Gasteiger charge is 2.85. The summed E-state index contributed by atoms with van der Waals surface area (Å²) in [5, 5.41) is 38.9. The van der Waals surface area contributed by atoms with Gasteiger partial charge in [-0.1, -0.05) is 12.1 Å². The van der Waals surface area contributed by atoms with Gasteiger partial charge >= 0.3 is 5.97 Å². The maximum Gasteiger partial charge on any atom is 0.330 e. The number of non-ortho nitro benzene ring substituents is 1. The van der Waals surface area contributed by atoms with Crippen LogP contribution in [-0.2, 0) is 9.53 Å². The molecule has 0 radical (unpaired) electrons. The van der Waals surface area contributed by atoms with E-state index in [-0.39, 0.29) is 12.3 Å². The van der Waals surface area contributed by atoms with Crippen molar-refractivity contribution in [2.24, 2.45) is 10.8 Å². The number of carbonyl (C=O) groups excluding carboxylic acids is 1. The largest absolute Gasteiger partial charge is 0.465 e. The summed E-state index contributed by atoms with van der Waals surface area (Å²) in [7, 11) is 0. The molecule has 1 aliphatic carbocycles. The minimum atomic E-state index is -1.93. The number of carbonyl (C=O) groups is 1. The molecule has 1 aromatic rings. The average molecular weight is 310 g/mol. The monoisotopic (exact) mass is 310 g/mol. The minimum absolute atomic E-state index is 0.00216. The molecule has 0 aromatic heterocycles. The molecule has 8 nitrogen and oxygen atoms in total. The molecular weight excluding hydrogens is 300 g/mol. The van der Waals surface area contributed by atoms with Crippen LogP contribution < -0.4 is 0 Å². The first-order valence-electron chi connectivity index (χ1n) is 6.60. The zero-order valence-corrected chi connectivity index (χ0v) is 12.0. The molecule has 0 N–H and O–H groups in total. The van der Waals surface area contributed by atoms with Crippen molar-refractivity contribution < 1.29 is 14.5 Å². The van der Waals surface area contributed by atoms with E-state index >= 15 is 0 Å². The fraction of sp³-hybridized carbons (Fsp3) is 0.333. The molecule has 8 heteroatoms. The third kappa shape index (κ3) is 1.91. The van der Waals surface area contributed by atoms with E-state index in [1.807, 2.05) is 0 Å². The molecule has 1 aliphatic rings. The Labute approximate surface area is 131 Å². The molecule has 23 heavy (non-hydrogen) atoms. The quantitative estimate of drug-likeness (QED) is 0.469. The SMILES string of the molecule is CCOC(=O)[C@@]1(C#N)[C@H](c2ccc([N+](=O)[O-])cc2)C1(C#N)C#N. The molecule has 1 saturated carbocycles. The summed E-state index contributed by atoms with van der Waals surface area (Å²) in [6.07, 6.45) is 0. The van der Waals surface area contributed by atoms with Crippen LogP contribution in [0.15, 0.2) is 24.3 Å². The van der Waals surface area contributed by atoms with E-state index in [9.17, 15) is 30.7 Å². The highest BCUT2D eigenvalue weighted by atomic mass is 16.6. The third-order valence-corrected chi connectivity index (χ3v) is 3.97. The van der Waals surface area contributed by atoms with E-state index in [1.165, 1.54) is 24.3 Å². The molecular formula is C15H10N4O4. The Balaban J connectivity index is 2.54. The summed E-state index contributed by atoms with van der Waals surface area (Å²) in [6.45, 7) is 1.55. The predicted octanol–water partition coefficient (Wildman–Crippen LogP) is 1.80. The first kappa shape index (κ1) is 15.9. The van der Waals surface area contributed by atoms with E-state index in [0.717, 1.165) is 0 Å². The molecule has 1 fully saturated rings. The Morgan fingerprint density at radius 1 is 1.26 bits per heavy atom. The van der Waals surface area contributed by atoms with Gasteiger partial charge in [-0.25, -0.2) is 0 Å². The topological polar surface area (TPSA) is 141 Å². The van der Waals surface area contributed by atoms with Crippen LogP contribution in [0.4, 0.5) is 5.69 Å². The molecule has 0 heterocycles. The van der Waals surface area contributed by atoms with Crippen molar-refractivity contribution in [1.82, 2.24) is 0 Å². The third-order valence-electron chi connectivity index (χ3n) is 3.97. The maximum atomic E-state index is 12.2. The van der Waals surface area contributed by atoms with Gasteiger partial charge in [0, 0.05) is 12.1 Å². The second kappa shape index (κ2) is 5.40. The fourth-order valence-electron chi connectivity index (χ4n) is 2.82. The fourth-order valence-corrected chi connectivity index (χ4v) is 2.82. The molecule has 114 valence electrons. The Morgan fingerprint density at radius 2 is 1.83 bits per heavy atom. The minimum Gasteiger partial charge on any atom is -0.465 e. The van der Waals surface area contributed by atoms with Gasteiger partial charge in [-0.2, -0.15) is 15.8 Å². The van der Waals surface area contributed by atoms with Crippen LogP contribution in [0.25, 0.3) is 0 Å². The summed E-state index contributed by atoms with van der Waals surface area (Å²) < 4.78 is 4.86. The number of ether oxygens (including phenoxy) is 1. The standard InChI is InChI=1S/C15H10N4O4/c1-2-23-13(20)15(9-18)12(14(15,7-16)8-17)10-3-5-11(6-4-10)19(21)22/h3-6,12H,2H2,1H3/t12-,15-/m1/s1. The summed E-state index contributed by atoms with van der Waals surface area (Å²) in [4.78, 5) is 22.3. The lowest BCUT2D eigenvalue weighted by Gasteiger charge is -2.07. The highest BCUT2D eigenvalue weighted by Crippen LogP contribution is 2.74. The van der Waals surface area contributed by atoms with Gasteiger partial charge in [0.05, 0.1) is 35.7 Å². The van der Waals surface area contributed by atoms with E-state index < -0.39 is 27.6 Å². The zero-order chi connectivity index (χ0) is 17.3. The lowest BCUT2D eigenvalue weighted by Crippen LogP contribution is -2.24. The van der Waals surface area contributed by atoms with Gasteiger partial charge in [0.25, 0.3) is 5.69 Å². The Kier molecular flexibility index (Phi) is 3.74. The van der Waals surface area contributed by atoms with E-state index in [1.54, 1.807) is 25.1 Å². The van der Waals surface area contributed by atoms with Gasteiger partial charge in [0.15, 0.2) is 10.8 Å². The number of nitro benzene ring substituents is 1. The second-order valence-corrected chi connectivity index (χ2v) is 4.95. The Bertz CT molecular complexity index is 783. The van der Waals surface area contributed by atoms with Crippen LogP contribution in [0, 0.1) is 54.9 Å². The number of benzene rings is 1. The van der Waals surface area contributed by atoms with Crippen molar-refractivity contribution in [1.29, 1.82) is 15.8 Å². The zero-order valence-electron chi connectivity index (χ0n) is 12.0. The number of nitriles is 3. The van der Waals surface area contributed by atoms with Crippen LogP contribution in [-0.4, -0.2) is 17.5 Å². The number of hydrogen-bond donors (Lipinski definition) is 0. The first-order valence-corrected chi connectivity index (χ1v) is 6.60. The molecule has 0 bridgehead atoms. The van der Waals surface area contributed by atoms with Crippen LogP contribution in [0.1, 0.15) is 18.4 Å². The first-order chi connectivity index (χ1) is 10.9. The number of nitrogens with zero attached hydrogens (tertiary/aromatic N) is 4. The molecule has 0 saturated heterocycles. The van der Waals surface area contributed by atoms with Gasteiger partial charge in [0.1, 0.15) is 0 Å². The number of hydrogen-bond acceptors (Lipinski definition) is 7. The van der Waals surface area contributed by atoms with Crippen molar-refractivity contribution in [3.05, 3.63) is 39.9 Å². The van der Waals surface area contributed by atoms with Crippen molar-refractivity contribution in [2.45, 2.75) is 12.8 Å². The van der Waals surface area contributed by atoms with E-state index in [2.05, 4.69) is 0 Å². The van der Waals surface area contributed by atoms with Gasteiger partial charge < -0.3 is 4.74 Å². The molecule has 1 aromatic carbocycles. The van der Waals surface area contributed by atoms with Crippen molar-refractivity contribution in [2.75, 3.05) is 6.61 Å². The summed E-state index contributed by atoms with van der Waals surface area (Å²) in [5.41, 5.74) is -3.65. The normalized spacial score (nSPS) is 23.7. The van der Waals surface area contributed by atoms with Gasteiger partial charge in [-0.05, 0) is 12.5 Å². The highest BCUT2D eigenvalue weighted by molar-refractivity contribution is 5.91. The van der Waals surface area contributed by atoms with Crippen LogP contribution >= 0.6 is 0 Å². The number of nitro groups is 1. The van der Waals surface area contributed by atoms with Crippen molar-refractivity contribution in [3.63, 3.8) is 0 Å². The number of esters is 1. The summed E-state index contributed by atoms with van der Waals surface area (Å²) in [5.74, 6) is -1.95. The average Bonchev–Trinajstić information content (AvgIpc) is 3.19. The van der Waals surface area contributed by atoms with Crippen molar-refractivity contribution >= 4 is 11.7 Å². The van der Waals surface area contributed by atoms with Crippen LogP contribution in [0.5, 0.6) is 0 Å². The number of rotatable bonds is 4. The Morgan fingerprint density at radius 3 is 2.22 bits per heavy atom. The van der Waals surface area contributed by atoms with Crippen LogP contribution in [0.2, 0.25) is 0 Å². The van der Waals surface area contributed by atoms with E-state index in [0.29, 0.717) is 5.56 Å². The lowest BCUT2D eigenvalue weighted by atomic mass is 9.97. The molecule has 0 aliphatic heterocycles. The summed E-state index contributed by atoms with van der Waals surface area (Å²) >= 11 is 0. The smallest absolute Gasteiger partial charge is 0.330 e. The molecule has 0 amide bonds.